The Morgan fingerprint density at radius 2 is 1.94 bits per heavy atom. The minimum atomic E-state index is -0.237. The Morgan fingerprint density at radius 1 is 1.28 bits per heavy atom. The van der Waals surface area contributed by atoms with E-state index < -0.39 is 0 Å². The van der Waals surface area contributed by atoms with E-state index in [1.807, 2.05) is 26.8 Å². The van der Waals surface area contributed by atoms with Crippen molar-refractivity contribution in [1.29, 1.82) is 5.26 Å². The molecule has 0 N–H and O–H groups in total. The number of rotatable bonds is 6. The highest BCUT2D eigenvalue weighted by atomic mass is 32.2. The van der Waals surface area contributed by atoms with E-state index in [0.717, 1.165) is 50.2 Å². The molecule has 8 heteroatoms. The molecule has 2 saturated heterocycles. The van der Waals surface area contributed by atoms with Crippen LogP contribution < -0.4 is 10.5 Å². The molecule has 0 bridgehead atoms. The molecule has 3 heterocycles. The Balaban J connectivity index is 2.24. The Kier molecular flexibility index (Phi) is 7.84. The van der Waals surface area contributed by atoms with E-state index in [1.54, 1.807) is 9.47 Å². The number of aromatic nitrogens is 1. The van der Waals surface area contributed by atoms with Crippen LogP contribution in [0.3, 0.4) is 0 Å². The summed E-state index contributed by atoms with van der Waals surface area (Å²) in [6.07, 6.45) is 5.75. The molecule has 172 valence electrons. The summed E-state index contributed by atoms with van der Waals surface area (Å²) in [7, 11) is 0. The van der Waals surface area contributed by atoms with Crippen LogP contribution in [0.15, 0.2) is 9.70 Å². The number of pyridine rings is 1. The first-order chi connectivity index (χ1) is 15.2. The number of unbranched alkanes of at least 4 members (excludes halogenated alkanes) is 1. The van der Waals surface area contributed by atoms with Gasteiger partial charge < -0.3 is 4.90 Å². The van der Waals surface area contributed by atoms with E-state index in [1.165, 1.54) is 11.8 Å². The molecule has 0 aliphatic carbocycles. The van der Waals surface area contributed by atoms with Crippen LogP contribution in [0, 0.1) is 24.2 Å². The fourth-order valence-corrected chi connectivity index (χ4v) is 5.79. The lowest BCUT2D eigenvalue weighted by molar-refractivity contribution is -0.123. The van der Waals surface area contributed by atoms with Crippen molar-refractivity contribution in [3.8, 4) is 6.07 Å². The summed E-state index contributed by atoms with van der Waals surface area (Å²) < 4.78 is 2.31. The van der Waals surface area contributed by atoms with Gasteiger partial charge in [0.15, 0.2) is 0 Å². The maximum atomic E-state index is 13.3. The molecule has 6 nitrogen and oxygen atoms in total. The van der Waals surface area contributed by atoms with E-state index in [9.17, 15) is 14.9 Å². The van der Waals surface area contributed by atoms with Crippen molar-refractivity contribution >= 4 is 46.1 Å². The second-order valence-electron chi connectivity index (χ2n) is 8.97. The summed E-state index contributed by atoms with van der Waals surface area (Å²) in [6.45, 7) is 12.3. The molecule has 0 unspecified atom stereocenters. The van der Waals surface area contributed by atoms with Crippen molar-refractivity contribution < 1.29 is 4.79 Å². The van der Waals surface area contributed by atoms with Crippen LogP contribution in [0.5, 0.6) is 0 Å². The minimum Gasteiger partial charge on any atom is -0.357 e. The fraction of sp³-hybridized carbons (Fsp3) is 0.583. The summed E-state index contributed by atoms with van der Waals surface area (Å²) in [6, 6.07) is 2.10. The number of nitriles is 1. The van der Waals surface area contributed by atoms with Gasteiger partial charge in [-0.3, -0.25) is 19.1 Å². The normalized spacial score (nSPS) is 18.8. The maximum Gasteiger partial charge on any atom is 0.270 e. The van der Waals surface area contributed by atoms with Gasteiger partial charge in [0, 0.05) is 31.2 Å². The van der Waals surface area contributed by atoms with Gasteiger partial charge in [0.05, 0.1) is 4.91 Å². The zero-order chi connectivity index (χ0) is 23.6. The molecule has 1 aromatic rings. The number of hydrogen-bond acceptors (Lipinski definition) is 6. The van der Waals surface area contributed by atoms with Crippen molar-refractivity contribution in [2.75, 3.05) is 18.0 Å². The Hall–Kier alpha value is -2.11. The number of amides is 1. The number of thioether (sulfide) groups is 1. The zero-order valence-electron chi connectivity index (χ0n) is 19.6. The topological polar surface area (TPSA) is 69.3 Å². The summed E-state index contributed by atoms with van der Waals surface area (Å²) in [5.41, 5.74) is 1.34. The van der Waals surface area contributed by atoms with Crippen molar-refractivity contribution in [2.24, 2.45) is 5.92 Å². The Labute approximate surface area is 200 Å². The van der Waals surface area contributed by atoms with Gasteiger partial charge in [-0.15, -0.1) is 0 Å². The van der Waals surface area contributed by atoms with E-state index in [4.69, 9.17) is 12.2 Å². The molecule has 2 fully saturated rings. The molecule has 3 rings (SSSR count). The number of carbonyl (C=O) groups excluding carboxylic acids is 1. The van der Waals surface area contributed by atoms with E-state index in [2.05, 4.69) is 24.8 Å². The van der Waals surface area contributed by atoms with Gasteiger partial charge in [-0.1, -0.05) is 44.2 Å². The highest BCUT2D eigenvalue weighted by molar-refractivity contribution is 8.26. The molecule has 0 radical (unpaired) electrons. The highest BCUT2D eigenvalue weighted by Crippen LogP contribution is 2.37. The van der Waals surface area contributed by atoms with Crippen molar-refractivity contribution in [3.63, 3.8) is 0 Å². The van der Waals surface area contributed by atoms with Crippen LogP contribution in [-0.4, -0.2) is 38.8 Å². The summed E-state index contributed by atoms with van der Waals surface area (Å²) in [4.78, 5) is 30.8. The van der Waals surface area contributed by atoms with Crippen molar-refractivity contribution in [2.45, 2.75) is 72.9 Å². The lowest BCUT2D eigenvalue weighted by Crippen LogP contribution is -2.39. The molecule has 1 amide bonds. The average molecular weight is 473 g/mol. The lowest BCUT2D eigenvalue weighted by atomic mass is 9.97. The predicted molar refractivity (Wildman–Crippen MR) is 136 cm³/mol. The standard InChI is InChI=1S/C24H32N4O2S2/c1-6-7-10-27-21(26-11-8-16(4)9-12-26)18(17(5)19(14-25)22(27)29)13-20-23(30)28(15(2)3)24(31)32-20/h13,15-16H,6-12H2,1-5H3. The number of piperidine rings is 1. The first-order valence-corrected chi connectivity index (χ1v) is 12.6. The average Bonchev–Trinajstić information content (AvgIpc) is 3.03. The Bertz CT molecular complexity index is 1040. The number of anilines is 1. The second-order valence-corrected chi connectivity index (χ2v) is 10.7. The van der Waals surface area contributed by atoms with Crippen LogP contribution in [-0.2, 0) is 11.3 Å². The third-order valence-corrected chi connectivity index (χ3v) is 7.61. The Morgan fingerprint density at radius 3 is 2.47 bits per heavy atom. The summed E-state index contributed by atoms with van der Waals surface area (Å²) in [5.74, 6) is 1.37. The fourth-order valence-electron chi connectivity index (χ4n) is 4.29. The molecular formula is C24H32N4O2S2. The first-order valence-electron chi connectivity index (χ1n) is 11.4. The minimum absolute atomic E-state index is 0.0225. The van der Waals surface area contributed by atoms with Crippen molar-refractivity contribution in [1.82, 2.24) is 9.47 Å². The molecule has 0 saturated carbocycles. The van der Waals surface area contributed by atoms with Gasteiger partial charge in [0.1, 0.15) is 21.8 Å². The number of nitrogens with zero attached hydrogens (tertiary/aromatic N) is 4. The number of hydrogen-bond donors (Lipinski definition) is 0. The molecule has 2 aliphatic heterocycles. The van der Waals surface area contributed by atoms with Gasteiger partial charge in [-0.05, 0) is 57.6 Å². The van der Waals surface area contributed by atoms with Crippen LogP contribution in [0.4, 0.5) is 5.82 Å². The van der Waals surface area contributed by atoms with Gasteiger partial charge in [0.2, 0.25) is 0 Å². The van der Waals surface area contributed by atoms with Gasteiger partial charge in [0.25, 0.3) is 11.5 Å². The quantitative estimate of drug-likeness (QED) is 0.442. The van der Waals surface area contributed by atoms with E-state index in [0.29, 0.717) is 27.3 Å². The molecule has 2 aliphatic rings. The van der Waals surface area contributed by atoms with Gasteiger partial charge in [-0.25, -0.2) is 0 Å². The largest absolute Gasteiger partial charge is 0.357 e. The lowest BCUT2D eigenvalue weighted by Gasteiger charge is -2.35. The molecule has 0 aromatic carbocycles. The summed E-state index contributed by atoms with van der Waals surface area (Å²) >= 11 is 6.74. The van der Waals surface area contributed by atoms with Crippen LogP contribution in [0.25, 0.3) is 6.08 Å². The van der Waals surface area contributed by atoms with E-state index >= 15 is 0 Å². The third kappa shape index (κ3) is 4.65. The maximum absolute atomic E-state index is 13.3. The van der Waals surface area contributed by atoms with Gasteiger partial charge in [-0.2, -0.15) is 5.26 Å². The number of carbonyl (C=O) groups is 1. The molecular weight excluding hydrogens is 440 g/mol. The monoisotopic (exact) mass is 472 g/mol. The third-order valence-electron chi connectivity index (χ3n) is 6.28. The second kappa shape index (κ2) is 10.2. The number of thiocarbonyl (C=S) groups is 1. The molecule has 0 spiro atoms. The first kappa shape index (κ1) is 24.5. The SMILES string of the molecule is CCCCn1c(N2CCC(C)CC2)c(C=C2SC(=S)N(C(C)C)C2=O)c(C)c(C#N)c1=O. The smallest absolute Gasteiger partial charge is 0.270 e. The van der Waals surface area contributed by atoms with Crippen LogP contribution >= 0.6 is 24.0 Å². The van der Waals surface area contributed by atoms with E-state index in [-0.39, 0.29) is 23.1 Å². The predicted octanol–water partition coefficient (Wildman–Crippen LogP) is 4.67. The molecule has 32 heavy (non-hydrogen) atoms. The van der Waals surface area contributed by atoms with Crippen molar-refractivity contribution in [3.05, 3.63) is 31.9 Å². The van der Waals surface area contributed by atoms with Gasteiger partial charge >= 0.3 is 0 Å². The van der Waals surface area contributed by atoms with Crippen LogP contribution in [0.1, 0.15) is 70.1 Å². The molecule has 1 aromatic heterocycles. The van der Waals surface area contributed by atoms with Crippen LogP contribution in [0.2, 0.25) is 0 Å². The summed E-state index contributed by atoms with van der Waals surface area (Å²) in [5, 5.41) is 9.78. The zero-order valence-corrected chi connectivity index (χ0v) is 21.2. The molecule has 0 atom stereocenters. The highest BCUT2D eigenvalue weighted by Gasteiger charge is 2.35.